The van der Waals surface area contributed by atoms with Gasteiger partial charge >= 0.3 is 0 Å². The number of nitrogens with one attached hydrogen (secondary N) is 5. The molecule has 5 aromatic heterocycles. The van der Waals surface area contributed by atoms with Crippen molar-refractivity contribution in [1.29, 1.82) is 0 Å². The number of hydrogen-bond acceptors (Lipinski definition) is 9. The maximum absolute atomic E-state index is 12.6. The summed E-state index contributed by atoms with van der Waals surface area (Å²) in [5.74, 6) is 0.936. The zero-order valence-corrected chi connectivity index (χ0v) is 28.8. The number of aromatic amines is 2. The molecule has 14 heteroatoms. The molecule has 254 valence electrons. The number of fused-ring (bicyclic) bond motifs is 7. The predicted octanol–water partition coefficient (Wildman–Crippen LogP) is 4.90. The molecule has 0 spiro atoms. The summed E-state index contributed by atoms with van der Waals surface area (Å²) in [6, 6.07) is 2.34. The minimum absolute atomic E-state index is 0.000160. The van der Waals surface area contributed by atoms with Gasteiger partial charge in [-0.15, -0.1) is 0 Å². The Bertz CT molecular complexity index is 2080. The van der Waals surface area contributed by atoms with E-state index in [1.165, 1.54) is 6.33 Å². The third-order valence-electron chi connectivity index (χ3n) is 9.25. The van der Waals surface area contributed by atoms with Crippen molar-refractivity contribution < 1.29 is 9.59 Å². The molecular weight excluding hydrogens is 642 g/mol. The second kappa shape index (κ2) is 13.5. The molecule has 0 bridgehead atoms. The van der Waals surface area contributed by atoms with Crippen molar-refractivity contribution in [3.05, 3.63) is 63.8 Å². The lowest BCUT2D eigenvalue weighted by Gasteiger charge is -2.23. The second-order valence-electron chi connectivity index (χ2n) is 13.6. The number of aromatic nitrogens is 7. The van der Waals surface area contributed by atoms with Crippen molar-refractivity contribution in [2.24, 2.45) is 16.8 Å². The summed E-state index contributed by atoms with van der Waals surface area (Å²) in [6.45, 7) is 8.57. The van der Waals surface area contributed by atoms with E-state index in [1.54, 1.807) is 12.5 Å². The monoisotopic (exact) mass is 681 g/mol. The SMILES string of the molecule is CC(C)NC(=O)C1CCc2[nH]c3ncnc(Cl)c3c2C1.CC(C)NC(=O)C1CCc2[nH]c3ncnc(Nc4cnc5c(c4)C=NC5)c3c2C1. The fourth-order valence-corrected chi connectivity index (χ4v) is 7.23. The Morgan fingerprint density at radius 1 is 0.816 bits per heavy atom. The van der Waals surface area contributed by atoms with Gasteiger partial charge in [-0.25, -0.2) is 19.9 Å². The average molecular weight is 682 g/mol. The maximum atomic E-state index is 12.6. The third kappa shape index (κ3) is 6.71. The van der Waals surface area contributed by atoms with Crippen molar-refractivity contribution >= 4 is 63.2 Å². The van der Waals surface area contributed by atoms with Gasteiger partial charge in [0.1, 0.15) is 34.9 Å². The molecule has 0 radical (unpaired) electrons. The van der Waals surface area contributed by atoms with Crippen LogP contribution in [-0.4, -0.2) is 65.0 Å². The van der Waals surface area contributed by atoms with Gasteiger partial charge in [0.15, 0.2) is 0 Å². The number of rotatable bonds is 6. The molecule has 2 atom stereocenters. The first kappa shape index (κ1) is 32.6. The molecule has 0 fully saturated rings. The van der Waals surface area contributed by atoms with Crippen LogP contribution in [0, 0.1) is 11.8 Å². The van der Waals surface area contributed by atoms with E-state index in [0.717, 1.165) is 93.0 Å². The van der Waals surface area contributed by atoms with Crippen LogP contribution in [0.5, 0.6) is 0 Å². The fourth-order valence-electron chi connectivity index (χ4n) is 6.98. The van der Waals surface area contributed by atoms with E-state index in [-0.39, 0.29) is 35.7 Å². The van der Waals surface area contributed by atoms with E-state index in [0.29, 0.717) is 24.5 Å². The molecule has 0 saturated heterocycles. The number of hydrogen-bond donors (Lipinski definition) is 5. The molecule has 2 unspecified atom stereocenters. The highest BCUT2D eigenvalue weighted by atomic mass is 35.5. The predicted molar refractivity (Wildman–Crippen MR) is 189 cm³/mol. The van der Waals surface area contributed by atoms with Gasteiger partial charge in [-0.1, -0.05) is 11.6 Å². The minimum atomic E-state index is -0.0326. The molecule has 6 heterocycles. The highest BCUT2D eigenvalue weighted by molar-refractivity contribution is 6.34. The van der Waals surface area contributed by atoms with Gasteiger partial charge in [0.05, 0.1) is 34.9 Å². The van der Waals surface area contributed by atoms with Crippen LogP contribution in [0.1, 0.15) is 74.3 Å². The summed E-state index contributed by atoms with van der Waals surface area (Å²) < 4.78 is 0. The van der Waals surface area contributed by atoms with Crippen LogP contribution in [0.4, 0.5) is 11.5 Å². The van der Waals surface area contributed by atoms with Gasteiger partial charge in [0.25, 0.3) is 0 Å². The number of H-pyrrole nitrogens is 2. The Balaban J connectivity index is 0.000000166. The molecule has 5 aromatic rings. The number of amides is 2. The van der Waals surface area contributed by atoms with Gasteiger partial charge in [-0.2, -0.15) is 0 Å². The van der Waals surface area contributed by atoms with E-state index in [9.17, 15) is 9.59 Å². The standard InChI is InChI=1S/C21H23N7O.C14H17ClN4O/c1-11(2)26-21(29)12-3-4-16-15(6-12)18-19(24-10-25-20(18)28-16)27-14-5-13-7-22-9-17(13)23-8-14;1-7(2)18-14(20)8-3-4-10-9(5-8)11-12(15)16-6-17-13(11)19-10/h5,7-8,10-12H,3-4,6,9H2,1-2H3,(H,26,29)(H2,24,25,27,28);6-8H,3-5H2,1-2H3,(H,18,20)(H,16,17,19). The molecule has 13 nitrogen and oxygen atoms in total. The molecule has 2 aliphatic carbocycles. The number of halogens is 1. The van der Waals surface area contributed by atoms with E-state index >= 15 is 0 Å². The molecule has 3 aliphatic rings. The number of carbonyl (C=O) groups is 2. The van der Waals surface area contributed by atoms with E-state index < -0.39 is 0 Å². The first-order valence-electron chi connectivity index (χ1n) is 16.9. The average Bonchev–Trinajstić information content (AvgIpc) is 3.79. The number of pyridine rings is 1. The minimum Gasteiger partial charge on any atom is -0.354 e. The van der Waals surface area contributed by atoms with Crippen LogP contribution in [-0.2, 0) is 41.8 Å². The van der Waals surface area contributed by atoms with Crippen LogP contribution in [0.2, 0.25) is 5.15 Å². The summed E-state index contributed by atoms with van der Waals surface area (Å²) in [4.78, 5) is 57.4. The molecule has 8 rings (SSSR count). The van der Waals surface area contributed by atoms with Gasteiger partial charge in [0.2, 0.25) is 11.8 Å². The van der Waals surface area contributed by atoms with Gasteiger partial charge in [-0.3, -0.25) is 19.6 Å². The molecule has 0 aromatic carbocycles. The lowest BCUT2D eigenvalue weighted by Crippen LogP contribution is -2.37. The largest absolute Gasteiger partial charge is 0.354 e. The smallest absolute Gasteiger partial charge is 0.223 e. The van der Waals surface area contributed by atoms with Crippen molar-refractivity contribution in [3.8, 4) is 0 Å². The Morgan fingerprint density at radius 2 is 1.41 bits per heavy atom. The van der Waals surface area contributed by atoms with Crippen molar-refractivity contribution in [2.45, 2.75) is 84.8 Å². The number of nitrogens with zero attached hydrogens (tertiary/aromatic N) is 6. The Morgan fingerprint density at radius 3 is 2.04 bits per heavy atom. The molecule has 49 heavy (non-hydrogen) atoms. The van der Waals surface area contributed by atoms with Crippen molar-refractivity contribution in [1.82, 2.24) is 45.5 Å². The number of carbonyl (C=O) groups excluding carboxylic acids is 2. The number of aliphatic imine (C=N–C) groups is 1. The highest BCUT2D eigenvalue weighted by Crippen LogP contribution is 2.36. The Kier molecular flexibility index (Phi) is 9.01. The zero-order chi connectivity index (χ0) is 34.2. The zero-order valence-electron chi connectivity index (χ0n) is 28.0. The second-order valence-corrected chi connectivity index (χ2v) is 13.9. The van der Waals surface area contributed by atoms with E-state index in [4.69, 9.17) is 11.6 Å². The molecule has 0 saturated carbocycles. The van der Waals surface area contributed by atoms with Crippen molar-refractivity contribution in [3.63, 3.8) is 0 Å². The van der Waals surface area contributed by atoms with Gasteiger partial charge < -0.3 is 25.9 Å². The van der Waals surface area contributed by atoms with Crippen molar-refractivity contribution in [2.75, 3.05) is 5.32 Å². The highest BCUT2D eigenvalue weighted by Gasteiger charge is 2.30. The van der Waals surface area contributed by atoms with Crippen LogP contribution < -0.4 is 16.0 Å². The molecular formula is C35H40ClN11O2. The summed E-state index contributed by atoms with van der Waals surface area (Å²) in [7, 11) is 0. The number of anilines is 2. The van der Waals surface area contributed by atoms with Crippen LogP contribution >= 0.6 is 11.6 Å². The van der Waals surface area contributed by atoms with E-state index in [1.807, 2.05) is 40.0 Å². The first-order valence-corrected chi connectivity index (χ1v) is 17.2. The van der Waals surface area contributed by atoms with Crippen LogP contribution in [0.15, 0.2) is 29.9 Å². The lowest BCUT2D eigenvalue weighted by molar-refractivity contribution is -0.126. The van der Waals surface area contributed by atoms with Gasteiger partial charge in [0, 0.05) is 47.1 Å². The normalized spacial score (nSPS) is 17.8. The topological polar surface area (TPSA) is 179 Å². The molecule has 2 amide bonds. The number of aryl methyl sites for hydroxylation is 2. The molecule has 1 aliphatic heterocycles. The Hall–Kier alpha value is -4.91. The summed E-state index contributed by atoms with van der Waals surface area (Å²) in [5, 5.41) is 11.7. The van der Waals surface area contributed by atoms with Crippen LogP contribution in [0.3, 0.4) is 0 Å². The quantitative estimate of drug-likeness (QED) is 0.157. The van der Waals surface area contributed by atoms with Gasteiger partial charge in [-0.05, 0) is 83.4 Å². The van der Waals surface area contributed by atoms with Crippen LogP contribution in [0.25, 0.3) is 22.1 Å². The Labute approximate surface area is 288 Å². The summed E-state index contributed by atoms with van der Waals surface area (Å²) in [5.41, 5.74) is 8.95. The summed E-state index contributed by atoms with van der Waals surface area (Å²) >= 11 is 6.18. The molecule has 5 N–H and O–H groups in total. The maximum Gasteiger partial charge on any atom is 0.223 e. The third-order valence-corrected chi connectivity index (χ3v) is 9.53. The lowest BCUT2D eigenvalue weighted by atomic mass is 9.86. The fraction of sp³-hybridized carbons (Fsp3) is 0.429. The first-order chi connectivity index (χ1) is 23.6. The summed E-state index contributed by atoms with van der Waals surface area (Å²) in [6.07, 6.45) is 11.4. The van der Waals surface area contributed by atoms with E-state index in [2.05, 4.69) is 55.8 Å².